The van der Waals surface area contributed by atoms with Crippen molar-refractivity contribution in [2.75, 3.05) is 13.2 Å². The number of amides is 1. The predicted octanol–water partition coefficient (Wildman–Crippen LogP) is 2.42. The number of ether oxygens (including phenoxy) is 1. The van der Waals surface area contributed by atoms with Gasteiger partial charge in [-0.2, -0.15) is 0 Å². The number of aliphatic hydroxyl groups excluding tert-OH is 1. The Hall–Kier alpha value is -1.55. The second-order valence-electron chi connectivity index (χ2n) is 4.94. The van der Waals surface area contributed by atoms with Gasteiger partial charge in [-0.1, -0.05) is 43.7 Å². The lowest BCUT2D eigenvalue weighted by molar-refractivity contribution is 0.0723. The second-order valence-corrected chi connectivity index (χ2v) is 4.94. The van der Waals surface area contributed by atoms with Gasteiger partial charge in [-0.15, -0.1) is 0 Å². The van der Waals surface area contributed by atoms with Gasteiger partial charge in [0.25, 0.3) is 0 Å². The normalized spacial score (nSPS) is 22.5. The van der Waals surface area contributed by atoms with Crippen molar-refractivity contribution in [1.82, 2.24) is 4.90 Å². The molecule has 0 aromatic heterocycles. The number of likely N-dealkylation sites (tertiary alicyclic amines) is 1. The summed E-state index contributed by atoms with van der Waals surface area (Å²) in [5.74, 6) is 0.384. The summed E-state index contributed by atoms with van der Waals surface area (Å²) >= 11 is 0. The van der Waals surface area contributed by atoms with E-state index in [1.165, 1.54) is 0 Å². The number of hydrogen-bond acceptors (Lipinski definition) is 3. The van der Waals surface area contributed by atoms with Crippen LogP contribution < -0.4 is 0 Å². The average Bonchev–Trinajstić information content (AvgIpc) is 2.88. The van der Waals surface area contributed by atoms with E-state index in [4.69, 9.17) is 4.74 Å². The zero-order valence-corrected chi connectivity index (χ0v) is 11.3. The average molecular weight is 263 g/mol. The maximum Gasteiger partial charge on any atom is 0.410 e. The molecule has 0 unspecified atom stereocenters. The molecule has 104 valence electrons. The molecular formula is C15H21NO3. The Morgan fingerprint density at radius 1 is 1.42 bits per heavy atom. The van der Waals surface area contributed by atoms with Gasteiger partial charge in [0.2, 0.25) is 0 Å². The van der Waals surface area contributed by atoms with Crippen LogP contribution in [0.3, 0.4) is 0 Å². The van der Waals surface area contributed by atoms with Crippen molar-refractivity contribution in [3.05, 3.63) is 35.9 Å². The van der Waals surface area contributed by atoms with Gasteiger partial charge in [-0.3, -0.25) is 0 Å². The Kier molecular flexibility index (Phi) is 4.80. The Bertz CT molecular complexity index is 407. The van der Waals surface area contributed by atoms with E-state index in [1.807, 2.05) is 30.3 Å². The topological polar surface area (TPSA) is 49.8 Å². The molecule has 2 rings (SSSR count). The Balaban J connectivity index is 1.89. The lowest BCUT2D eigenvalue weighted by Gasteiger charge is -2.25. The monoisotopic (exact) mass is 263 g/mol. The lowest BCUT2D eigenvalue weighted by Crippen LogP contribution is -2.40. The maximum atomic E-state index is 12.0. The molecule has 0 radical (unpaired) electrons. The van der Waals surface area contributed by atoms with Crippen LogP contribution in [0.15, 0.2) is 30.3 Å². The Morgan fingerprint density at radius 2 is 2.16 bits per heavy atom. The fourth-order valence-corrected chi connectivity index (χ4v) is 2.67. The molecule has 4 nitrogen and oxygen atoms in total. The van der Waals surface area contributed by atoms with E-state index in [2.05, 4.69) is 6.92 Å². The predicted molar refractivity (Wildman–Crippen MR) is 72.6 cm³/mol. The summed E-state index contributed by atoms with van der Waals surface area (Å²) in [6.07, 6.45) is 1.61. The third kappa shape index (κ3) is 3.26. The number of rotatable bonds is 4. The molecule has 0 aliphatic carbocycles. The first-order chi connectivity index (χ1) is 9.26. The van der Waals surface area contributed by atoms with E-state index in [9.17, 15) is 9.90 Å². The van der Waals surface area contributed by atoms with Crippen LogP contribution in [0.5, 0.6) is 0 Å². The first kappa shape index (κ1) is 13.9. The molecule has 4 heteroatoms. The van der Waals surface area contributed by atoms with Crippen molar-refractivity contribution in [3.63, 3.8) is 0 Å². The summed E-state index contributed by atoms with van der Waals surface area (Å²) in [4.78, 5) is 13.7. The summed E-state index contributed by atoms with van der Waals surface area (Å²) in [5.41, 5.74) is 0.975. The van der Waals surface area contributed by atoms with E-state index in [-0.39, 0.29) is 25.3 Å². The van der Waals surface area contributed by atoms with Gasteiger partial charge in [-0.25, -0.2) is 4.79 Å². The van der Waals surface area contributed by atoms with E-state index in [0.29, 0.717) is 12.5 Å². The van der Waals surface area contributed by atoms with Crippen LogP contribution in [-0.4, -0.2) is 35.3 Å². The number of hydrogen-bond donors (Lipinski definition) is 1. The molecule has 1 saturated heterocycles. The van der Waals surface area contributed by atoms with Gasteiger partial charge in [0, 0.05) is 6.54 Å². The summed E-state index contributed by atoms with van der Waals surface area (Å²) in [6.45, 7) is 3.06. The third-order valence-electron chi connectivity index (χ3n) is 3.84. The zero-order chi connectivity index (χ0) is 13.7. The van der Waals surface area contributed by atoms with E-state index in [0.717, 1.165) is 18.4 Å². The van der Waals surface area contributed by atoms with Crippen molar-refractivity contribution >= 4 is 6.09 Å². The SMILES string of the molecule is CC[C@H]1CCN(C(=O)OCc2ccccc2)[C@@H]1CO. The molecule has 1 aromatic carbocycles. The number of aliphatic hydroxyl groups is 1. The fraction of sp³-hybridized carbons (Fsp3) is 0.533. The summed E-state index contributed by atoms with van der Waals surface area (Å²) in [6, 6.07) is 9.53. The standard InChI is InChI=1S/C15H21NO3/c1-2-13-8-9-16(14(13)10-17)15(18)19-11-12-6-4-3-5-7-12/h3-7,13-14,17H,2,8-11H2,1H3/t13-,14+/m0/s1. The number of carbonyl (C=O) groups is 1. The van der Waals surface area contributed by atoms with Crippen LogP contribution in [0.2, 0.25) is 0 Å². The smallest absolute Gasteiger partial charge is 0.410 e. The van der Waals surface area contributed by atoms with Crippen LogP contribution in [0.25, 0.3) is 0 Å². The highest BCUT2D eigenvalue weighted by Crippen LogP contribution is 2.27. The minimum atomic E-state index is -0.321. The van der Waals surface area contributed by atoms with Gasteiger partial charge in [0.15, 0.2) is 0 Å². The van der Waals surface area contributed by atoms with E-state index in [1.54, 1.807) is 4.90 Å². The van der Waals surface area contributed by atoms with Crippen molar-refractivity contribution in [2.24, 2.45) is 5.92 Å². The zero-order valence-electron chi connectivity index (χ0n) is 11.3. The largest absolute Gasteiger partial charge is 0.445 e. The number of benzene rings is 1. The molecule has 1 heterocycles. The van der Waals surface area contributed by atoms with Crippen LogP contribution >= 0.6 is 0 Å². The molecule has 0 saturated carbocycles. The molecule has 1 amide bonds. The first-order valence-corrected chi connectivity index (χ1v) is 6.84. The molecule has 2 atom stereocenters. The highest BCUT2D eigenvalue weighted by atomic mass is 16.6. The summed E-state index contributed by atoms with van der Waals surface area (Å²) < 4.78 is 5.31. The third-order valence-corrected chi connectivity index (χ3v) is 3.84. The van der Waals surface area contributed by atoms with Crippen LogP contribution in [0.1, 0.15) is 25.3 Å². The van der Waals surface area contributed by atoms with E-state index >= 15 is 0 Å². The molecule has 1 aliphatic heterocycles. The molecule has 1 N–H and O–H groups in total. The Labute approximate surface area is 114 Å². The quantitative estimate of drug-likeness (QED) is 0.907. The molecule has 1 aromatic rings. The first-order valence-electron chi connectivity index (χ1n) is 6.84. The van der Waals surface area contributed by atoms with Crippen LogP contribution in [0.4, 0.5) is 4.79 Å². The minimum Gasteiger partial charge on any atom is -0.445 e. The lowest BCUT2D eigenvalue weighted by atomic mass is 9.98. The van der Waals surface area contributed by atoms with Crippen molar-refractivity contribution in [1.29, 1.82) is 0 Å². The molecule has 1 fully saturated rings. The van der Waals surface area contributed by atoms with Crippen molar-refractivity contribution in [2.45, 2.75) is 32.4 Å². The van der Waals surface area contributed by atoms with Crippen LogP contribution in [0, 0.1) is 5.92 Å². The highest BCUT2D eigenvalue weighted by molar-refractivity contribution is 5.68. The van der Waals surface area contributed by atoms with Gasteiger partial charge < -0.3 is 14.7 Å². The van der Waals surface area contributed by atoms with Gasteiger partial charge in [0.05, 0.1) is 12.6 Å². The van der Waals surface area contributed by atoms with Gasteiger partial charge in [-0.05, 0) is 17.9 Å². The van der Waals surface area contributed by atoms with Gasteiger partial charge in [0.1, 0.15) is 6.61 Å². The number of nitrogens with zero attached hydrogens (tertiary/aromatic N) is 1. The Morgan fingerprint density at radius 3 is 2.79 bits per heavy atom. The minimum absolute atomic E-state index is 0.0128. The second kappa shape index (κ2) is 6.57. The molecule has 1 aliphatic rings. The molecular weight excluding hydrogens is 242 g/mol. The molecule has 19 heavy (non-hydrogen) atoms. The fourth-order valence-electron chi connectivity index (χ4n) is 2.67. The summed E-state index contributed by atoms with van der Waals surface area (Å²) in [7, 11) is 0. The maximum absolute atomic E-state index is 12.0. The van der Waals surface area contributed by atoms with Gasteiger partial charge >= 0.3 is 6.09 Å². The van der Waals surface area contributed by atoms with E-state index < -0.39 is 0 Å². The summed E-state index contributed by atoms with van der Waals surface area (Å²) in [5, 5.41) is 9.42. The van der Waals surface area contributed by atoms with Crippen molar-refractivity contribution < 1.29 is 14.6 Å². The number of carbonyl (C=O) groups excluding carboxylic acids is 1. The van der Waals surface area contributed by atoms with Crippen molar-refractivity contribution in [3.8, 4) is 0 Å². The molecule has 0 bridgehead atoms. The highest BCUT2D eigenvalue weighted by Gasteiger charge is 2.36. The van der Waals surface area contributed by atoms with Crippen LogP contribution in [-0.2, 0) is 11.3 Å². The molecule has 0 spiro atoms.